The molecule has 0 unspecified atom stereocenters. The maximum Gasteiger partial charge on any atom is 0.329 e. The molecule has 1 fully saturated rings. The van der Waals surface area contributed by atoms with Crippen molar-refractivity contribution in [3.8, 4) is 0 Å². The lowest BCUT2D eigenvalue weighted by atomic mass is 9.81. The summed E-state index contributed by atoms with van der Waals surface area (Å²) in [5.41, 5.74) is -0.920. The Balaban J connectivity index is 2.05. The van der Waals surface area contributed by atoms with Gasteiger partial charge in [-0.3, -0.25) is 4.79 Å². The van der Waals surface area contributed by atoms with E-state index in [1.165, 1.54) is 6.07 Å². The minimum atomic E-state index is -1.23. The minimum absolute atomic E-state index is 0.174. The zero-order valence-electron chi connectivity index (χ0n) is 11.5. The average Bonchev–Trinajstić information content (AvgIpc) is 2.43. The van der Waals surface area contributed by atoms with E-state index >= 15 is 0 Å². The first kappa shape index (κ1) is 15.4. The summed E-state index contributed by atoms with van der Waals surface area (Å²) in [6, 6.07) is 3.21. The zero-order valence-corrected chi connectivity index (χ0v) is 11.5. The van der Waals surface area contributed by atoms with E-state index in [-0.39, 0.29) is 6.42 Å². The molecule has 2 rings (SSSR count). The van der Waals surface area contributed by atoms with Crippen LogP contribution < -0.4 is 5.32 Å². The Morgan fingerprint density at radius 2 is 1.81 bits per heavy atom. The standard InChI is InChI=1S/C15H17F2NO3/c16-11-5-4-10(8-12(11)17)9-13(19)18-15(14(20)21)6-2-1-3-7-15/h4-5,8H,1-3,6-7,9H2,(H,18,19)(H,20,21). The van der Waals surface area contributed by atoms with Crippen LogP contribution in [0.25, 0.3) is 0 Å². The lowest BCUT2D eigenvalue weighted by Crippen LogP contribution is -2.55. The van der Waals surface area contributed by atoms with Crippen LogP contribution in [0.1, 0.15) is 37.7 Å². The molecule has 1 aliphatic rings. The fraction of sp³-hybridized carbons (Fsp3) is 0.467. The maximum atomic E-state index is 13.1. The summed E-state index contributed by atoms with van der Waals surface area (Å²) in [7, 11) is 0. The molecule has 1 aromatic rings. The predicted molar refractivity (Wildman–Crippen MR) is 71.7 cm³/mol. The number of carboxylic acids is 1. The van der Waals surface area contributed by atoms with Gasteiger partial charge >= 0.3 is 5.97 Å². The lowest BCUT2D eigenvalue weighted by Gasteiger charge is -2.34. The number of hydrogen-bond donors (Lipinski definition) is 2. The highest BCUT2D eigenvalue weighted by atomic mass is 19.2. The van der Waals surface area contributed by atoms with E-state index in [1.807, 2.05) is 0 Å². The van der Waals surface area contributed by atoms with Gasteiger partial charge in [0.05, 0.1) is 6.42 Å². The number of carboxylic acid groups (broad SMARTS) is 1. The van der Waals surface area contributed by atoms with E-state index < -0.39 is 29.0 Å². The number of rotatable bonds is 4. The van der Waals surface area contributed by atoms with Crippen molar-refractivity contribution in [2.24, 2.45) is 0 Å². The SMILES string of the molecule is O=C(Cc1ccc(F)c(F)c1)NC1(C(=O)O)CCCCC1. The van der Waals surface area contributed by atoms with Gasteiger partial charge in [0.25, 0.3) is 0 Å². The molecule has 21 heavy (non-hydrogen) atoms. The fourth-order valence-corrected chi connectivity index (χ4v) is 2.69. The van der Waals surface area contributed by atoms with Crippen molar-refractivity contribution in [1.82, 2.24) is 5.32 Å². The minimum Gasteiger partial charge on any atom is -0.480 e. The number of halogens is 2. The molecule has 2 N–H and O–H groups in total. The molecule has 0 radical (unpaired) electrons. The van der Waals surface area contributed by atoms with Crippen LogP contribution in [-0.4, -0.2) is 22.5 Å². The Labute approximate surface area is 121 Å². The van der Waals surface area contributed by atoms with Crippen molar-refractivity contribution >= 4 is 11.9 Å². The highest BCUT2D eigenvalue weighted by molar-refractivity contribution is 5.88. The summed E-state index contributed by atoms with van der Waals surface area (Å²) < 4.78 is 25.9. The highest BCUT2D eigenvalue weighted by Gasteiger charge is 2.40. The van der Waals surface area contributed by atoms with Gasteiger partial charge in [-0.2, -0.15) is 0 Å². The Bertz CT molecular complexity index is 554. The third-order valence-corrected chi connectivity index (χ3v) is 3.84. The second-order valence-corrected chi connectivity index (χ2v) is 5.42. The fourth-order valence-electron chi connectivity index (χ4n) is 2.69. The van der Waals surface area contributed by atoms with E-state index in [0.717, 1.165) is 31.4 Å². The number of carbonyl (C=O) groups is 2. The van der Waals surface area contributed by atoms with Crippen molar-refractivity contribution in [1.29, 1.82) is 0 Å². The van der Waals surface area contributed by atoms with Crippen LogP contribution in [0.5, 0.6) is 0 Å². The van der Waals surface area contributed by atoms with Crippen LogP contribution in [0, 0.1) is 11.6 Å². The van der Waals surface area contributed by atoms with Crippen LogP contribution in [-0.2, 0) is 16.0 Å². The predicted octanol–water partition coefficient (Wildman–Crippen LogP) is 2.41. The zero-order chi connectivity index (χ0) is 15.5. The summed E-state index contributed by atoms with van der Waals surface area (Å²) in [5, 5.41) is 11.9. The smallest absolute Gasteiger partial charge is 0.329 e. The summed E-state index contributed by atoms with van der Waals surface area (Å²) in [6.45, 7) is 0. The van der Waals surface area contributed by atoms with Crippen LogP contribution in [0.4, 0.5) is 8.78 Å². The van der Waals surface area contributed by atoms with Gasteiger partial charge in [-0.05, 0) is 30.5 Å². The number of nitrogens with one attached hydrogen (secondary N) is 1. The lowest BCUT2D eigenvalue weighted by molar-refractivity contribution is -0.149. The third kappa shape index (κ3) is 3.56. The molecular formula is C15H17F2NO3. The van der Waals surface area contributed by atoms with E-state index in [0.29, 0.717) is 18.4 Å². The normalized spacial score (nSPS) is 17.2. The molecule has 4 nitrogen and oxygen atoms in total. The van der Waals surface area contributed by atoms with Gasteiger partial charge in [0.1, 0.15) is 5.54 Å². The third-order valence-electron chi connectivity index (χ3n) is 3.84. The molecule has 114 valence electrons. The first-order valence-electron chi connectivity index (χ1n) is 6.91. The molecule has 6 heteroatoms. The molecular weight excluding hydrogens is 280 g/mol. The van der Waals surface area contributed by atoms with Crippen molar-refractivity contribution in [3.63, 3.8) is 0 Å². The monoisotopic (exact) mass is 297 g/mol. The van der Waals surface area contributed by atoms with Crippen LogP contribution >= 0.6 is 0 Å². The number of amides is 1. The van der Waals surface area contributed by atoms with Gasteiger partial charge in [-0.25, -0.2) is 13.6 Å². The Morgan fingerprint density at radius 1 is 1.14 bits per heavy atom. The molecule has 0 bridgehead atoms. The molecule has 1 aliphatic carbocycles. The summed E-state index contributed by atoms with van der Waals surface area (Å²) in [4.78, 5) is 23.4. The van der Waals surface area contributed by atoms with Crippen LogP contribution in [0.2, 0.25) is 0 Å². The largest absolute Gasteiger partial charge is 0.480 e. The van der Waals surface area contributed by atoms with Crippen LogP contribution in [0.3, 0.4) is 0 Å². The number of benzene rings is 1. The first-order valence-corrected chi connectivity index (χ1v) is 6.91. The van der Waals surface area contributed by atoms with Crippen molar-refractivity contribution in [3.05, 3.63) is 35.4 Å². The maximum absolute atomic E-state index is 13.1. The molecule has 0 spiro atoms. The topological polar surface area (TPSA) is 66.4 Å². The van der Waals surface area contributed by atoms with E-state index in [4.69, 9.17) is 0 Å². The van der Waals surface area contributed by atoms with E-state index in [9.17, 15) is 23.5 Å². The van der Waals surface area contributed by atoms with Crippen molar-refractivity contribution < 1.29 is 23.5 Å². The van der Waals surface area contributed by atoms with Crippen molar-refractivity contribution in [2.45, 2.75) is 44.1 Å². The molecule has 0 aliphatic heterocycles. The van der Waals surface area contributed by atoms with Gasteiger partial charge in [0.15, 0.2) is 11.6 Å². The molecule has 0 saturated heterocycles. The molecule has 0 heterocycles. The van der Waals surface area contributed by atoms with Gasteiger partial charge in [-0.1, -0.05) is 25.3 Å². The summed E-state index contributed by atoms with van der Waals surface area (Å²) >= 11 is 0. The molecule has 0 atom stereocenters. The van der Waals surface area contributed by atoms with Crippen LogP contribution in [0.15, 0.2) is 18.2 Å². The summed E-state index contributed by atoms with van der Waals surface area (Å²) in [5.74, 6) is -3.54. The van der Waals surface area contributed by atoms with Gasteiger partial charge in [0, 0.05) is 0 Å². The number of hydrogen-bond acceptors (Lipinski definition) is 2. The second-order valence-electron chi connectivity index (χ2n) is 5.42. The van der Waals surface area contributed by atoms with E-state index in [1.54, 1.807) is 0 Å². The number of carbonyl (C=O) groups excluding carboxylic acids is 1. The quantitative estimate of drug-likeness (QED) is 0.897. The molecule has 1 saturated carbocycles. The Morgan fingerprint density at radius 3 is 2.38 bits per heavy atom. The molecule has 1 amide bonds. The highest BCUT2D eigenvalue weighted by Crippen LogP contribution is 2.28. The second kappa shape index (κ2) is 6.20. The van der Waals surface area contributed by atoms with Gasteiger partial charge in [-0.15, -0.1) is 0 Å². The Kier molecular flexibility index (Phi) is 4.55. The van der Waals surface area contributed by atoms with Crippen molar-refractivity contribution in [2.75, 3.05) is 0 Å². The average molecular weight is 297 g/mol. The van der Waals surface area contributed by atoms with Gasteiger partial charge in [0.2, 0.25) is 5.91 Å². The first-order chi connectivity index (χ1) is 9.93. The van der Waals surface area contributed by atoms with Gasteiger partial charge < -0.3 is 10.4 Å². The summed E-state index contributed by atoms with van der Waals surface area (Å²) in [6.07, 6.45) is 3.06. The molecule has 0 aromatic heterocycles. The van der Waals surface area contributed by atoms with E-state index in [2.05, 4.69) is 5.32 Å². The molecule has 1 aromatic carbocycles. The number of aliphatic carboxylic acids is 1. The Hall–Kier alpha value is -1.98.